The molecule has 0 saturated heterocycles. The molecule has 1 aliphatic heterocycles. The average molecular weight is 291 g/mol. The Hall–Kier alpha value is -0.160. The van der Waals surface area contributed by atoms with Crippen LogP contribution in [-0.2, 0) is 0 Å². The molecule has 0 radical (unpaired) electrons. The quantitative estimate of drug-likeness (QED) is 0.675. The van der Waals surface area contributed by atoms with Crippen molar-refractivity contribution in [1.82, 2.24) is 0 Å². The van der Waals surface area contributed by atoms with Crippen molar-refractivity contribution in [2.24, 2.45) is 0 Å². The molecule has 1 nitrogen and oxygen atoms in total. The monoisotopic (exact) mass is 291 g/mol. The summed E-state index contributed by atoms with van der Waals surface area (Å²) in [5.41, 5.74) is 1.27. The number of nitrogens with zero attached hydrogens (tertiary/aromatic N) is 1. The van der Waals surface area contributed by atoms with Gasteiger partial charge in [-0.05, 0) is 12.1 Å². The molecule has 0 saturated carbocycles. The van der Waals surface area contributed by atoms with Crippen LogP contribution in [0, 0.1) is 0 Å². The Balaban J connectivity index is 0.000000720. The van der Waals surface area contributed by atoms with Crippen molar-refractivity contribution in [3.05, 3.63) is 35.9 Å². The Bertz CT molecular complexity index is 311. The molecule has 0 aliphatic carbocycles. The van der Waals surface area contributed by atoms with Gasteiger partial charge in [-0.15, -0.1) is 24.0 Å². The molecule has 0 unspecified atom stereocenters. The van der Waals surface area contributed by atoms with Gasteiger partial charge in [0.2, 0.25) is 0 Å². The highest BCUT2D eigenvalue weighted by Crippen LogP contribution is 2.43. The van der Waals surface area contributed by atoms with Gasteiger partial charge < -0.3 is 4.90 Å². The van der Waals surface area contributed by atoms with Crippen LogP contribution in [0.3, 0.4) is 0 Å². The van der Waals surface area contributed by atoms with E-state index < -0.39 is 0 Å². The van der Waals surface area contributed by atoms with Gasteiger partial charge in [-0.2, -0.15) is 0 Å². The van der Waals surface area contributed by atoms with E-state index in [2.05, 4.69) is 35.7 Å². The Morgan fingerprint density at radius 1 is 1.33 bits per heavy atom. The van der Waals surface area contributed by atoms with Crippen molar-refractivity contribution < 1.29 is 0 Å². The van der Waals surface area contributed by atoms with E-state index in [1.807, 2.05) is 7.05 Å². The molecule has 0 amide bonds. The number of fused-ring (bicyclic) bond motifs is 1. The van der Waals surface area contributed by atoms with Crippen molar-refractivity contribution in [2.45, 2.75) is 4.90 Å². The summed E-state index contributed by atoms with van der Waals surface area (Å²) >= 11 is 1.73. The lowest BCUT2D eigenvalue weighted by Gasteiger charge is -2.10. The van der Waals surface area contributed by atoms with Gasteiger partial charge in [-0.3, -0.25) is 0 Å². The lowest BCUT2D eigenvalue weighted by molar-refractivity contribution is 1.18. The minimum atomic E-state index is 0. The summed E-state index contributed by atoms with van der Waals surface area (Å²) in [5, 5.41) is 1.10. The smallest absolute Gasteiger partial charge is 0.0725 e. The number of para-hydroxylation sites is 1. The number of benzene rings is 1. The maximum Gasteiger partial charge on any atom is 0.0725 e. The highest BCUT2D eigenvalue weighted by Gasteiger charge is 2.18. The maximum absolute atomic E-state index is 3.94. The normalized spacial score (nSPS) is 14.1. The van der Waals surface area contributed by atoms with E-state index in [1.54, 1.807) is 11.8 Å². The molecule has 0 N–H and O–H groups in total. The zero-order valence-electron chi connectivity index (χ0n) is 6.78. The molecule has 64 valence electrons. The van der Waals surface area contributed by atoms with Crippen molar-refractivity contribution in [1.29, 1.82) is 0 Å². The molecule has 0 atom stereocenters. The van der Waals surface area contributed by atoms with Gasteiger partial charge in [0.15, 0.2) is 0 Å². The van der Waals surface area contributed by atoms with Crippen LogP contribution in [-0.4, -0.2) is 7.05 Å². The van der Waals surface area contributed by atoms with E-state index in [0.717, 1.165) is 5.03 Å². The van der Waals surface area contributed by atoms with E-state index in [0.29, 0.717) is 0 Å². The summed E-state index contributed by atoms with van der Waals surface area (Å²) in [7, 11) is 2.04. The molecule has 2 rings (SSSR count). The molecule has 0 bridgehead atoms. The predicted octanol–water partition coefficient (Wildman–Crippen LogP) is 3.32. The largest absolute Gasteiger partial charge is 0.339 e. The molecule has 3 heteroatoms. The molecule has 1 heterocycles. The first kappa shape index (κ1) is 9.92. The number of thioether (sulfide) groups is 1. The first-order valence-corrected chi connectivity index (χ1v) is 4.30. The fourth-order valence-electron chi connectivity index (χ4n) is 1.15. The van der Waals surface area contributed by atoms with Crippen LogP contribution >= 0.6 is 35.7 Å². The fourth-order valence-corrected chi connectivity index (χ4v) is 2.10. The third-order valence-electron chi connectivity index (χ3n) is 1.83. The Morgan fingerprint density at radius 3 is 2.67 bits per heavy atom. The minimum Gasteiger partial charge on any atom is -0.339 e. The lowest BCUT2D eigenvalue weighted by Crippen LogP contribution is -2.07. The number of hydrogen-bond donors (Lipinski definition) is 0. The highest BCUT2D eigenvalue weighted by atomic mass is 127. The summed E-state index contributed by atoms with van der Waals surface area (Å²) in [5.74, 6) is 0. The molecular formula is C9H10INS. The standard InChI is InChI=1S/C9H9NS.HI/c1-7-10(2)8-5-3-4-6-9(8)11-7;/h3-6H,1H2,2H3;1H. The number of anilines is 1. The topological polar surface area (TPSA) is 3.24 Å². The van der Waals surface area contributed by atoms with Crippen LogP contribution < -0.4 is 4.90 Å². The minimum absolute atomic E-state index is 0. The second-order valence-corrected chi connectivity index (χ2v) is 3.64. The van der Waals surface area contributed by atoms with Crippen molar-refractivity contribution in [3.8, 4) is 0 Å². The molecule has 1 aliphatic rings. The first-order chi connectivity index (χ1) is 5.29. The molecule has 12 heavy (non-hydrogen) atoms. The van der Waals surface area contributed by atoms with Crippen LogP contribution in [0.1, 0.15) is 0 Å². The third-order valence-corrected chi connectivity index (χ3v) is 2.90. The van der Waals surface area contributed by atoms with E-state index in [1.165, 1.54) is 10.6 Å². The van der Waals surface area contributed by atoms with Gasteiger partial charge in [-0.1, -0.05) is 30.5 Å². The Labute approximate surface area is 93.9 Å². The zero-order valence-corrected chi connectivity index (χ0v) is 9.93. The van der Waals surface area contributed by atoms with E-state index in [4.69, 9.17) is 0 Å². The Kier molecular flexibility index (Phi) is 3.06. The molecule has 0 aromatic heterocycles. The van der Waals surface area contributed by atoms with Gasteiger partial charge in [0.25, 0.3) is 0 Å². The van der Waals surface area contributed by atoms with Crippen LogP contribution in [0.2, 0.25) is 0 Å². The lowest BCUT2D eigenvalue weighted by atomic mass is 10.3. The molecule has 1 aromatic carbocycles. The van der Waals surface area contributed by atoms with E-state index in [-0.39, 0.29) is 24.0 Å². The van der Waals surface area contributed by atoms with Crippen LogP contribution in [0.4, 0.5) is 5.69 Å². The number of rotatable bonds is 0. The second-order valence-electron chi connectivity index (χ2n) is 2.52. The molecule has 0 spiro atoms. The third kappa shape index (κ3) is 1.47. The van der Waals surface area contributed by atoms with Crippen molar-refractivity contribution in [2.75, 3.05) is 11.9 Å². The summed E-state index contributed by atoms with van der Waals surface area (Å²) in [6.07, 6.45) is 0. The average Bonchev–Trinajstić information content (AvgIpc) is 2.30. The molecule has 0 fully saturated rings. The van der Waals surface area contributed by atoms with Gasteiger partial charge in [0, 0.05) is 11.9 Å². The predicted molar refractivity (Wildman–Crippen MR) is 65.3 cm³/mol. The number of halogens is 1. The highest BCUT2D eigenvalue weighted by molar-refractivity contribution is 14.0. The molecular weight excluding hydrogens is 281 g/mol. The van der Waals surface area contributed by atoms with Crippen molar-refractivity contribution >= 4 is 41.4 Å². The summed E-state index contributed by atoms with van der Waals surface area (Å²) in [6.45, 7) is 3.94. The maximum atomic E-state index is 3.94. The Morgan fingerprint density at radius 2 is 2.00 bits per heavy atom. The summed E-state index contributed by atoms with van der Waals surface area (Å²) in [6, 6.07) is 8.34. The van der Waals surface area contributed by atoms with E-state index in [9.17, 15) is 0 Å². The second kappa shape index (κ2) is 3.70. The molecule has 1 aromatic rings. The van der Waals surface area contributed by atoms with Crippen LogP contribution in [0.25, 0.3) is 0 Å². The zero-order chi connectivity index (χ0) is 7.84. The van der Waals surface area contributed by atoms with Crippen LogP contribution in [0.15, 0.2) is 40.8 Å². The fraction of sp³-hybridized carbons (Fsp3) is 0.111. The van der Waals surface area contributed by atoms with Gasteiger partial charge in [-0.25, -0.2) is 0 Å². The van der Waals surface area contributed by atoms with Crippen molar-refractivity contribution in [3.63, 3.8) is 0 Å². The summed E-state index contributed by atoms with van der Waals surface area (Å²) in [4.78, 5) is 3.42. The summed E-state index contributed by atoms with van der Waals surface area (Å²) < 4.78 is 0. The first-order valence-electron chi connectivity index (χ1n) is 3.48. The van der Waals surface area contributed by atoms with Crippen LogP contribution in [0.5, 0.6) is 0 Å². The van der Waals surface area contributed by atoms with Gasteiger partial charge in [0.05, 0.1) is 10.7 Å². The van der Waals surface area contributed by atoms with E-state index >= 15 is 0 Å². The van der Waals surface area contributed by atoms with Gasteiger partial charge >= 0.3 is 0 Å². The number of hydrogen-bond acceptors (Lipinski definition) is 2. The van der Waals surface area contributed by atoms with Gasteiger partial charge in [0.1, 0.15) is 0 Å². The SMILES string of the molecule is C=C1Sc2ccccc2N1C.I.